The molecule has 1 aromatic rings. The molecule has 0 radical (unpaired) electrons. The highest BCUT2D eigenvalue weighted by Crippen LogP contribution is 2.30. The van der Waals surface area contributed by atoms with Crippen molar-refractivity contribution in [3.05, 3.63) is 30.4 Å². The lowest BCUT2D eigenvalue weighted by Gasteiger charge is -2.15. The normalized spacial score (nSPS) is 10.4. The zero-order chi connectivity index (χ0) is 15.1. The first-order valence-electron chi connectivity index (χ1n) is 6.52. The third-order valence-electron chi connectivity index (χ3n) is 2.95. The van der Waals surface area contributed by atoms with Gasteiger partial charge in [0.2, 0.25) is 5.91 Å². The van der Waals surface area contributed by atoms with Crippen LogP contribution in [-0.4, -0.2) is 38.6 Å². The van der Waals surface area contributed by atoms with Crippen LogP contribution in [0, 0.1) is 0 Å². The van der Waals surface area contributed by atoms with Crippen molar-refractivity contribution in [1.82, 2.24) is 4.90 Å². The first-order valence-corrected chi connectivity index (χ1v) is 6.52. The molecule has 0 heterocycles. The maximum atomic E-state index is 11.5. The fourth-order valence-corrected chi connectivity index (χ4v) is 1.91. The summed E-state index contributed by atoms with van der Waals surface area (Å²) in [6.45, 7) is 4.43. The Morgan fingerprint density at radius 3 is 2.75 bits per heavy atom. The fourth-order valence-electron chi connectivity index (χ4n) is 1.91. The summed E-state index contributed by atoms with van der Waals surface area (Å²) in [4.78, 5) is 13.6. The van der Waals surface area contributed by atoms with E-state index < -0.39 is 0 Å². The topological polar surface area (TPSA) is 67.6 Å². The first kappa shape index (κ1) is 16.0. The Hall–Kier alpha value is -2.01. The van der Waals surface area contributed by atoms with Crippen LogP contribution in [0.3, 0.4) is 0 Å². The minimum atomic E-state index is -0.247. The number of carbonyl (C=O) groups is 1. The number of anilines is 2. The van der Waals surface area contributed by atoms with Crippen molar-refractivity contribution < 1.29 is 9.53 Å². The molecule has 0 atom stereocenters. The molecule has 0 unspecified atom stereocenters. The molecule has 110 valence electrons. The summed E-state index contributed by atoms with van der Waals surface area (Å²) >= 11 is 0. The Labute approximate surface area is 120 Å². The maximum absolute atomic E-state index is 11.5. The lowest BCUT2D eigenvalue weighted by molar-refractivity contribution is -0.111. The van der Waals surface area contributed by atoms with Gasteiger partial charge in [0.05, 0.1) is 12.8 Å². The number of amides is 1. The second-order valence-corrected chi connectivity index (χ2v) is 4.85. The number of methoxy groups -OCH3 is 1. The van der Waals surface area contributed by atoms with Crippen LogP contribution in [0.4, 0.5) is 11.4 Å². The van der Waals surface area contributed by atoms with Crippen LogP contribution in [-0.2, 0) is 11.2 Å². The number of hydrogen-bond acceptors (Lipinski definition) is 4. The fraction of sp³-hybridized carbons (Fsp3) is 0.400. The van der Waals surface area contributed by atoms with E-state index in [1.165, 1.54) is 6.08 Å². The highest BCUT2D eigenvalue weighted by molar-refractivity contribution is 5.99. The zero-order valence-electron chi connectivity index (χ0n) is 12.4. The average Bonchev–Trinajstić information content (AvgIpc) is 2.40. The Kier molecular flexibility index (Phi) is 6.06. The molecule has 1 rings (SSSR count). The molecule has 5 heteroatoms. The minimum Gasteiger partial charge on any atom is -0.495 e. The van der Waals surface area contributed by atoms with Gasteiger partial charge in [-0.1, -0.05) is 6.58 Å². The van der Waals surface area contributed by atoms with Gasteiger partial charge >= 0.3 is 0 Å². The monoisotopic (exact) mass is 277 g/mol. The van der Waals surface area contributed by atoms with Gasteiger partial charge in [-0.15, -0.1) is 0 Å². The minimum absolute atomic E-state index is 0.247. The van der Waals surface area contributed by atoms with E-state index in [2.05, 4.69) is 16.8 Å². The van der Waals surface area contributed by atoms with Crippen molar-refractivity contribution in [2.75, 3.05) is 38.8 Å². The summed E-state index contributed by atoms with van der Waals surface area (Å²) in [5.74, 6) is 0.380. The molecule has 0 aromatic heterocycles. The number of nitrogens with zero attached hydrogens (tertiary/aromatic N) is 1. The van der Waals surface area contributed by atoms with Gasteiger partial charge < -0.3 is 20.7 Å². The maximum Gasteiger partial charge on any atom is 0.247 e. The molecule has 0 bridgehead atoms. The van der Waals surface area contributed by atoms with E-state index in [9.17, 15) is 4.79 Å². The van der Waals surface area contributed by atoms with Gasteiger partial charge in [-0.25, -0.2) is 0 Å². The van der Waals surface area contributed by atoms with Crippen molar-refractivity contribution in [2.24, 2.45) is 0 Å². The first-order chi connectivity index (χ1) is 9.47. The van der Waals surface area contributed by atoms with Crippen LogP contribution in [0.5, 0.6) is 5.75 Å². The number of carbonyl (C=O) groups excluding carboxylic acids is 1. The van der Waals surface area contributed by atoms with Crippen LogP contribution in [0.1, 0.15) is 12.0 Å². The number of rotatable bonds is 7. The Morgan fingerprint density at radius 2 is 2.20 bits per heavy atom. The summed E-state index contributed by atoms with van der Waals surface area (Å²) in [6, 6.07) is 3.61. The smallest absolute Gasteiger partial charge is 0.247 e. The summed E-state index contributed by atoms with van der Waals surface area (Å²) in [5.41, 5.74) is 8.11. The zero-order valence-corrected chi connectivity index (χ0v) is 12.4. The molecule has 5 nitrogen and oxygen atoms in total. The Balaban J connectivity index is 2.96. The van der Waals surface area contributed by atoms with Crippen LogP contribution in [0.2, 0.25) is 0 Å². The van der Waals surface area contributed by atoms with E-state index in [0.29, 0.717) is 17.1 Å². The molecule has 0 aliphatic rings. The molecular weight excluding hydrogens is 254 g/mol. The molecule has 0 fully saturated rings. The molecule has 0 saturated carbocycles. The molecule has 0 aliphatic heterocycles. The predicted molar refractivity (Wildman–Crippen MR) is 83.1 cm³/mol. The van der Waals surface area contributed by atoms with Gasteiger partial charge in [0.25, 0.3) is 0 Å². The second-order valence-electron chi connectivity index (χ2n) is 4.85. The molecular formula is C15H23N3O2. The van der Waals surface area contributed by atoms with Crippen LogP contribution < -0.4 is 15.8 Å². The summed E-state index contributed by atoms with van der Waals surface area (Å²) in [5, 5.41) is 2.78. The summed E-state index contributed by atoms with van der Waals surface area (Å²) in [7, 11) is 5.64. The van der Waals surface area contributed by atoms with Gasteiger partial charge in [-0.3, -0.25) is 4.79 Å². The largest absolute Gasteiger partial charge is 0.495 e. The predicted octanol–water partition coefficient (Wildman–Crippen LogP) is 1.90. The second kappa shape index (κ2) is 7.55. The Bertz CT molecular complexity index is 484. The van der Waals surface area contributed by atoms with Gasteiger partial charge in [0.1, 0.15) is 5.75 Å². The average molecular weight is 277 g/mol. The van der Waals surface area contributed by atoms with E-state index in [1.807, 2.05) is 20.2 Å². The van der Waals surface area contributed by atoms with Crippen LogP contribution >= 0.6 is 0 Å². The van der Waals surface area contributed by atoms with Crippen molar-refractivity contribution >= 4 is 17.3 Å². The molecule has 20 heavy (non-hydrogen) atoms. The van der Waals surface area contributed by atoms with Gasteiger partial charge in [0.15, 0.2) is 0 Å². The van der Waals surface area contributed by atoms with E-state index >= 15 is 0 Å². The quantitative estimate of drug-likeness (QED) is 0.590. The van der Waals surface area contributed by atoms with E-state index in [-0.39, 0.29) is 5.91 Å². The number of hydrogen-bond donors (Lipinski definition) is 2. The number of benzene rings is 1. The van der Waals surface area contributed by atoms with E-state index in [4.69, 9.17) is 10.5 Å². The Morgan fingerprint density at radius 1 is 1.50 bits per heavy atom. The summed E-state index contributed by atoms with van der Waals surface area (Å²) in [6.07, 6.45) is 3.06. The van der Waals surface area contributed by atoms with Crippen molar-refractivity contribution in [3.63, 3.8) is 0 Å². The van der Waals surface area contributed by atoms with E-state index in [1.54, 1.807) is 13.2 Å². The number of nitrogens with one attached hydrogen (secondary N) is 1. The molecule has 1 amide bonds. The third kappa shape index (κ3) is 4.59. The van der Waals surface area contributed by atoms with Crippen LogP contribution in [0.25, 0.3) is 0 Å². The highest BCUT2D eigenvalue weighted by Gasteiger charge is 2.10. The van der Waals surface area contributed by atoms with E-state index in [0.717, 1.165) is 24.9 Å². The standard InChI is InChI=1S/C15H23N3O2/c1-5-15(19)17-13-10-12(16)14(20-4)9-11(13)7-6-8-18(2)3/h5,9-10H,1,6-8,16H2,2-4H3,(H,17,19). The third-order valence-corrected chi connectivity index (χ3v) is 2.95. The number of nitrogen functional groups attached to an aromatic ring is 1. The SMILES string of the molecule is C=CC(=O)Nc1cc(N)c(OC)cc1CCCN(C)C. The number of nitrogens with two attached hydrogens (primary N) is 1. The number of aryl methyl sites for hydroxylation is 1. The van der Waals surface area contributed by atoms with Crippen LogP contribution in [0.15, 0.2) is 24.8 Å². The summed E-state index contributed by atoms with van der Waals surface area (Å²) < 4.78 is 5.23. The van der Waals surface area contributed by atoms with Gasteiger partial charge in [-0.2, -0.15) is 0 Å². The molecule has 1 aromatic carbocycles. The molecule has 0 aliphatic carbocycles. The van der Waals surface area contributed by atoms with Gasteiger partial charge in [0, 0.05) is 5.69 Å². The van der Waals surface area contributed by atoms with Crippen molar-refractivity contribution in [1.29, 1.82) is 0 Å². The lowest BCUT2D eigenvalue weighted by Crippen LogP contribution is -2.15. The number of ether oxygens (including phenoxy) is 1. The molecule has 3 N–H and O–H groups in total. The highest BCUT2D eigenvalue weighted by atomic mass is 16.5. The van der Waals surface area contributed by atoms with Crippen molar-refractivity contribution in [3.8, 4) is 5.75 Å². The van der Waals surface area contributed by atoms with Crippen molar-refractivity contribution in [2.45, 2.75) is 12.8 Å². The lowest BCUT2D eigenvalue weighted by atomic mass is 10.1. The molecule has 0 saturated heterocycles. The molecule has 0 spiro atoms. The van der Waals surface area contributed by atoms with Gasteiger partial charge in [-0.05, 0) is 57.3 Å².